The van der Waals surface area contributed by atoms with Crippen LogP contribution in [-0.4, -0.2) is 22.9 Å². The molecule has 0 radical (unpaired) electrons. The summed E-state index contributed by atoms with van der Waals surface area (Å²) >= 11 is 0. The SMILES string of the molecule is Oc1ccccc1CNCC1CCCC1O. The minimum Gasteiger partial charge on any atom is -0.508 e. The van der Waals surface area contributed by atoms with Crippen LogP contribution < -0.4 is 5.32 Å². The van der Waals surface area contributed by atoms with Gasteiger partial charge in [0.2, 0.25) is 0 Å². The first-order valence-electron chi connectivity index (χ1n) is 5.93. The van der Waals surface area contributed by atoms with Gasteiger partial charge in [0.1, 0.15) is 5.75 Å². The molecule has 0 aromatic heterocycles. The Bertz CT molecular complexity index is 340. The van der Waals surface area contributed by atoms with Gasteiger partial charge < -0.3 is 15.5 Å². The normalized spacial score (nSPS) is 24.8. The average molecular weight is 221 g/mol. The second-order valence-electron chi connectivity index (χ2n) is 4.52. The van der Waals surface area contributed by atoms with E-state index in [1.165, 1.54) is 0 Å². The quantitative estimate of drug-likeness (QED) is 0.724. The summed E-state index contributed by atoms with van der Waals surface area (Å²) in [6.07, 6.45) is 3.03. The van der Waals surface area contributed by atoms with Crippen molar-refractivity contribution in [3.63, 3.8) is 0 Å². The van der Waals surface area contributed by atoms with E-state index < -0.39 is 0 Å². The van der Waals surface area contributed by atoms with Gasteiger partial charge in [-0.3, -0.25) is 0 Å². The number of phenols is 1. The Balaban J connectivity index is 1.78. The highest BCUT2D eigenvalue weighted by atomic mass is 16.3. The summed E-state index contributed by atoms with van der Waals surface area (Å²) in [4.78, 5) is 0. The lowest BCUT2D eigenvalue weighted by molar-refractivity contribution is 0.131. The molecule has 0 aliphatic heterocycles. The molecule has 1 aliphatic rings. The monoisotopic (exact) mass is 221 g/mol. The van der Waals surface area contributed by atoms with E-state index in [1.54, 1.807) is 6.07 Å². The van der Waals surface area contributed by atoms with Gasteiger partial charge in [0.05, 0.1) is 6.10 Å². The summed E-state index contributed by atoms with van der Waals surface area (Å²) in [6, 6.07) is 7.34. The molecule has 0 saturated heterocycles. The minimum atomic E-state index is -0.142. The van der Waals surface area contributed by atoms with Crippen molar-refractivity contribution in [2.24, 2.45) is 5.92 Å². The molecule has 2 rings (SSSR count). The molecule has 0 amide bonds. The van der Waals surface area contributed by atoms with Crippen LogP contribution in [0.1, 0.15) is 24.8 Å². The predicted octanol–water partition coefficient (Wildman–Crippen LogP) is 1.64. The van der Waals surface area contributed by atoms with E-state index in [1.807, 2.05) is 18.2 Å². The molecule has 1 saturated carbocycles. The Morgan fingerprint density at radius 1 is 1.25 bits per heavy atom. The molecule has 0 heterocycles. The third-order valence-corrected chi connectivity index (χ3v) is 3.33. The van der Waals surface area contributed by atoms with Crippen LogP contribution >= 0.6 is 0 Å². The number of aliphatic hydroxyl groups excluding tert-OH is 1. The third-order valence-electron chi connectivity index (χ3n) is 3.33. The molecular weight excluding hydrogens is 202 g/mol. The van der Waals surface area contributed by atoms with Crippen LogP contribution in [0.2, 0.25) is 0 Å². The molecule has 1 aromatic carbocycles. The van der Waals surface area contributed by atoms with E-state index in [0.717, 1.165) is 31.4 Å². The van der Waals surface area contributed by atoms with Gasteiger partial charge >= 0.3 is 0 Å². The van der Waals surface area contributed by atoms with Crippen LogP contribution in [0.15, 0.2) is 24.3 Å². The highest BCUT2D eigenvalue weighted by molar-refractivity contribution is 5.31. The zero-order valence-corrected chi connectivity index (χ0v) is 9.39. The maximum Gasteiger partial charge on any atom is 0.120 e. The molecular formula is C13H19NO2. The van der Waals surface area contributed by atoms with Crippen LogP contribution in [-0.2, 0) is 6.54 Å². The van der Waals surface area contributed by atoms with E-state index >= 15 is 0 Å². The highest BCUT2D eigenvalue weighted by Gasteiger charge is 2.24. The van der Waals surface area contributed by atoms with Crippen molar-refractivity contribution >= 4 is 0 Å². The second kappa shape index (κ2) is 5.32. The molecule has 1 aromatic rings. The van der Waals surface area contributed by atoms with Gasteiger partial charge in [-0.1, -0.05) is 24.6 Å². The summed E-state index contributed by atoms with van der Waals surface area (Å²) < 4.78 is 0. The summed E-state index contributed by atoms with van der Waals surface area (Å²) in [5.74, 6) is 0.716. The van der Waals surface area contributed by atoms with Crippen molar-refractivity contribution in [3.05, 3.63) is 29.8 Å². The van der Waals surface area contributed by atoms with Gasteiger partial charge in [-0.25, -0.2) is 0 Å². The van der Waals surface area contributed by atoms with E-state index in [2.05, 4.69) is 5.32 Å². The number of nitrogens with one attached hydrogen (secondary N) is 1. The van der Waals surface area contributed by atoms with Crippen molar-refractivity contribution in [3.8, 4) is 5.75 Å². The first kappa shape index (κ1) is 11.4. The smallest absolute Gasteiger partial charge is 0.120 e. The maximum atomic E-state index is 9.65. The standard InChI is InChI=1S/C13H19NO2/c15-12-6-2-1-4-10(12)8-14-9-11-5-3-7-13(11)16/h1-2,4,6,11,13-16H,3,5,7-9H2. The highest BCUT2D eigenvalue weighted by Crippen LogP contribution is 2.24. The third kappa shape index (κ3) is 2.74. The van der Waals surface area contributed by atoms with Crippen LogP contribution in [0.5, 0.6) is 5.75 Å². The summed E-state index contributed by atoms with van der Waals surface area (Å²) in [7, 11) is 0. The fourth-order valence-corrected chi connectivity index (χ4v) is 2.31. The van der Waals surface area contributed by atoms with Crippen molar-refractivity contribution in [1.82, 2.24) is 5.32 Å². The van der Waals surface area contributed by atoms with Crippen LogP contribution in [0.3, 0.4) is 0 Å². The molecule has 1 fully saturated rings. The molecule has 3 heteroatoms. The zero-order valence-electron chi connectivity index (χ0n) is 9.39. The van der Waals surface area contributed by atoms with Crippen molar-refractivity contribution < 1.29 is 10.2 Å². The zero-order chi connectivity index (χ0) is 11.4. The molecule has 2 unspecified atom stereocenters. The lowest BCUT2D eigenvalue weighted by Crippen LogP contribution is -2.27. The first-order valence-corrected chi connectivity index (χ1v) is 5.93. The van der Waals surface area contributed by atoms with Gasteiger partial charge in [-0.05, 0) is 24.8 Å². The number of para-hydroxylation sites is 1. The Hall–Kier alpha value is -1.06. The molecule has 3 N–H and O–H groups in total. The molecule has 1 aliphatic carbocycles. The summed E-state index contributed by atoms with van der Waals surface area (Å²) in [6.45, 7) is 1.49. The van der Waals surface area contributed by atoms with Gasteiger partial charge in [0, 0.05) is 18.7 Å². The van der Waals surface area contributed by atoms with Crippen LogP contribution in [0.25, 0.3) is 0 Å². The molecule has 2 atom stereocenters. The fourth-order valence-electron chi connectivity index (χ4n) is 2.31. The molecule has 88 valence electrons. The van der Waals surface area contributed by atoms with E-state index in [4.69, 9.17) is 0 Å². The number of aromatic hydroxyl groups is 1. The van der Waals surface area contributed by atoms with Gasteiger partial charge in [-0.15, -0.1) is 0 Å². The van der Waals surface area contributed by atoms with E-state index in [0.29, 0.717) is 18.2 Å². The largest absolute Gasteiger partial charge is 0.508 e. The Morgan fingerprint density at radius 2 is 2.06 bits per heavy atom. The maximum absolute atomic E-state index is 9.65. The van der Waals surface area contributed by atoms with Crippen molar-refractivity contribution in [2.45, 2.75) is 31.9 Å². The number of benzene rings is 1. The predicted molar refractivity (Wildman–Crippen MR) is 63.2 cm³/mol. The number of hydrogen-bond donors (Lipinski definition) is 3. The number of phenolic OH excluding ortho intramolecular Hbond substituents is 1. The minimum absolute atomic E-state index is 0.142. The molecule has 3 nitrogen and oxygen atoms in total. The number of hydrogen-bond acceptors (Lipinski definition) is 3. The van der Waals surface area contributed by atoms with Gasteiger partial charge in [-0.2, -0.15) is 0 Å². The van der Waals surface area contributed by atoms with Crippen molar-refractivity contribution in [2.75, 3.05) is 6.54 Å². The van der Waals surface area contributed by atoms with Crippen LogP contribution in [0.4, 0.5) is 0 Å². The number of aliphatic hydroxyl groups is 1. The molecule has 16 heavy (non-hydrogen) atoms. The molecule has 0 spiro atoms. The number of rotatable bonds is 4. The average Bonchev–Trinajstić information content (AvgIpc) is 2.67. The van der Waals surface area contributed by atoms with E-state index in [-0.39, 0.29) is 6.10 Å². The lowest BCUT2D eigenvalue weighted by atomic mass is 10.1. The van der Waals surface area contributed by atoms with Crippen LogP contribution in [0, 0.1) is 5.92 Å². The Labute approximate surface area is 96.1 Å². The Morgan fingerprint density at radius 3 is 2.75 bits per heavy atom. The second-order valence-corrected chi connectivity index (χ2v) is 4.52. The topological polar surface area (TPSA) is 52.5 Å². The van der Waals surface area contributed by atoms with Gasteiger partial charge in [0.25, 0.3) is 0 Å². The summed E-state index contributed by atoms with van der Waals surface area (Å²) in [5.41, 5.74) is 0.912. The first-order chi connectivity index (χ1) is 7.77. The lowest BCUT2D eigenvalue weighted by Gasteiger charge is -2.15. The fraction of sp³-hybridized carbons (Fsp3) is 0.538. The molecule has 0 bridgehead atoms. The Kier molecular flexibility index (Phi) is 3.80. The van der Waals surface area contributed by atoms with Gasteiger partial charge in [0.15, 0.2) is 0 Å². The van der Waals surface area contributed by atoms with E-state index in [9.17, 15) is 10.2 Å². The summed E-state index contributed by atoms with van der Waals surface area (Å²) in [5, 5.41) is 22.5. The van der Waals surface area contributed by atoms with Crippen molar-refractivity contribution in [1.29, 1.82) is 0 Å².